The smallest absolute Gasteiger partial charge is 0.244 e. The third-order valence-electron chi connectivity index (χ3n) is 6.79. The Hall–Kier alpha value is -1.44. The fraction of sp³-hybridized carbons (Fsp3) is 0.682. The zero-order chi connectivity index (χ0) is 20.8. The number of likely N-dealkylation sites (tertiary alicyclic amines) is 2. The Labute approximate surface area is 174 Å². The summed E-state index contributed by atoms with van der Waals surface area (Å²) in [6.07, 6.45) is 4.85. The van der Waals surface area contributed by atoms with Gasteiger partial charge in [0.05, 0.1) is 4.90 Å². The van der Waals surface area contributed by atoms with Gasteiger partial charge in [-0.1, -0.05) is 17.7 Å². The summed E-state index contributed by atoms with van der Waals surface area (Å²) in [6, 6.07) is 3.70. The van der Waals surface area contributed by atoms with Gasteiger partial charge in [-0.15, -0.1) is 0 Å². The van der Waals surface area contributed by atoms with E-state index in [4.69, 9.17) is 0 Å². The minimum Gasteiger partial charge on any atom is -0.340 e. The van der Waals surface area contributed by atoms with Gasteiger partial charge in [-0.25, -0.2) is 8.42 Å². The molecule has 1 amide bonds. The molecular formula is C22H33N3O3S. The van der Waals surface area contributed by atoms with Crippen molar-refractivity contribution in [3.63, 3.8) is 0 Å². The van der Waals surface area contributed by atoms with Gasteiger partial charge in [-0.05, 0) is 77.1 Å². The highest BCUT2D eigenvalue weighted by Gasteiger charge is 2.43. The van der Waals surface area contributed by atoms with Crippen molar-refractivity contribution in [1.82, 2.24) is 14.1 Å². The summed E-state index contributed by atoms with van der Waals surface area (Å²) in [5.74, 6) is -0.00445. The average Bonchev–Trinajstić information content (AvgIpc) is 3.39. The molecule has 1 aromatic carbocycles. The molecule has 2 atom stereocenters. The van der Waals surface area contributed by atoms with Gasteiger partial charge in [0.1, 0.15) is 6.04 Å². The van der Waals surface area contributed by atoms with E-state index in [0.717, 1.165) is 55.7 Å². The van der Waals surface area contributed by atoms with Crippen LogP contribution in [0.3, 0.4) is 0 Å². The highest BCUT2D eigenvalue weighted by molar-refractivity contribution is 7.89. The lowest BCUT2D eigenvalue weighted by Crippen LogP contribution is -2.48. The molecule has 3 heterocycles. The molecule has 0 aliphatic carbocycles. The fourth-order valence-electron chi connectivity index (χ4n) is 5.52. The fourth-order valence-corrected chi connectivity index (χ4v) is 7.59. The van der Waals surface area contributed by atoms with Crippen LogP contribution in [0, 0.1) is 20.8 Å². The van der Waals surface area contributed by atoms with E-state index in [1.54, 1.807) is 0 Å². The lowest BCUT2D eigenvalue weighted by molar-refractivity contribution is -0.133. The Morgan fingerprint density at radius 3 is 2.24 bits per heavy atom. The van der Waals surface area contributed by atoms with Crippen LogP contribution in [0.4, 0.5) is 0 Å². The molecule has 160 valence electrons. The first-order valence-corrected chi connectivity index (χ1v) is 12.4. The standard InChI is InChI=1S/C22H33N3O3S/c1-16-13-17(2)21(18(3)14-16)29(27,28)25-11-6-7-20(25)22(26)24-12-8-19(15-24)23-9-4-5-10-23/h13-14,19-20H,4-12,15H2,1-3H3. The largest absolute Gasteiger partial charge is 0.340 e. The van der Waals surface area contributed by atoms with E-state index in [2.05, 4.69) is 4.90 Å². The van der Waals surface area contributed by atoms with Crippen molar-refractivity contribution in [1.29, 1.82) is 0 Å². The Morgan fingerprint density at radius 2 is 1.59 bits per heavy atom. The second-order valence-electron chi connectivity index (χ2n) is 8.97. The number of amides is 1. The number of benzene rings is 1. The topological polar surface area (TPSA) is 60.9 Å². The minimum absolute atomic E-state index is 0.00445. The Morgan fingerprint density at radius 1 is 0.931 bits per heavy atom. The van der Waals surface area contributed by atoms with E-state index in [1.807, 2.05) is 37.8 Å². The van der Waals surface area contributed by atoms with Gasteiger partial charge in [0, 0.05) is 25.7 Å². The molecule has 0 radical (unpaired) electrons. The van der Waals surface area contributed by atoms with E-state index in [9.17, 15) is 13.2 Å². The Balaban J connectivity index is 1.54. The lowest BCUT2D eigenvalue weighted by Gasteiger charge is -2.29. The molecule has 0 saturated carbocycles. The number of hydrogen-bond donors (Lipinski definition) is 0. The van der Waals surface area contributed by atoms with E-state index < -0.39 is 16.1 Å². The second kappa shape index (κ2) is 8.00. The molecule has 4 rings (SSSR count). The maximum atomic E-state index is 13.5. The molecule has 3 aliphatic rings. The molecule has 1 aromatic rings. The summed E-state index contributed by atoms with van der Waals surface area (Å²) in [5, 5.41) is 0. The van der Waals surface area contributed by atoms with Gasteiger partial charge in [0.2, 0.25) is 15.9 Å². The van der Waals surface area contributed by atoms with Crippen molar-refractivity contribution in [2.45, 2.75) is 69.9 Å². The first-order chi connectivity index (χ1) is 13.8. The maximum Gasteiger partial charge on any atom is 0.244 e. The molecule has 0 bridgehead atoms. The number of hydrogen-bond acceptors (Lipinski definition) is 4. The zero-order valence-corrected chi connectivity index (χ0v) is 18.7. The van der Waals surface area contributed by atoms with Crippen molar-refractivity contribution in [2.24, 2.45) is 0 Å². The predicted molar refractivity (Wildman–Crippen MR) is 113 cm³/mol. The van der Waals surface area contributed by atoms with Crippen LogP contribution in [0.15, 0.2) is 17.0 Å². The SMILES string of the molecule is Cc1cc(C)c(S(=O)(=O)N2CCCC2C(=O)N2CCC(N3CCCC3)C2)c(C)c1. The van der Waals surface area contributed by atoms with Gasteiger partial charge in [0.25, 0.3) is 0 Å². The van der Waals surface area contributed by atoms with Crippen LogP contribution in [0.5, 0.6) is 0 Å². The number of carbonyl (C=O) groups is 1. The van der Waals surface area contributed by atoms with Crippen molar-refractivity contribution >= 4 is 15.9 Å². The molecule has 3 saturated heterocycles. The first kappa shape index (κ1) is 20.8. The summed E-state index contributed by atoms with van der Waals surface area (Å²) in [6.45, 7) is 9.84. The van der Waals surface area contributed by atoms with Crippen LogP contribution < -0.4 is 0 Å². The number of carbonyl (C=O) groups excluding carboxylic acids is 1. The third kappa shape index (κ3) is 3.84. The van der Waals surface area contributed by atoms with Crippen LogP contribution in [0.1, 0.15) is 48.8 Å². The minimum atomic E-state index is -3.69. The average molecular weight is 420 g/mol. The second-order valence-corrected chi connectivity index (χ2v) is 10.8. The van der Waals surface area contributed by atoms with Crippen molar-refractivity contribution in [2.75, 3.05) is 32.7 Å². The Kier molecular flexibility index (Phi) is 5.75. The summed E-state index contributed by atoms with van der Waals surface area (Å²) < 4.78 is 28.6. The predicted octanol–water partition coefficient (Wildman–Crippen LogP) is 2.46. The quantitative estimate of drug-likeness (QED) is 0.752. The number of nitrogens with zero attached hydrogens (tertiary/aromatic N) is 3. The van der Waals surface area contributed by atoms with E-state index >= 15 is 0 Å². The van der Waals surface area contributed by atoms with Crippen LogP contribution in [-0.4, -0.2) is 73.2 Å². The van der Waals surface area contributed by atoms with Gasteiger partial charge >= 0.3 is 0 Å². The number of aryl methyl sites for hydroxylation is 3. The maximum absolute atomic E-state index is 13.5. The summed E-state index contributed by atoms with van der Waals surface area (Å²) >= 11 is 0. The van der Waals surface area contributed by atoms with Crippen LogP contribution in [0.2, 0.25) is 0 Å². The lowest BCUT2D eigenvalue weighted by atomic mass is 10.1. The molecule has 0 spiro atoms. The van der Waals surface area contributed by atoms with Gasteiger partial charge in [0.15, 0.2) is 0 Å². The molecular weight excluding hydrogens is 386 g/mol. The summed E-state index contributed by atoms with van der Waals surface area (Å²) in [4.78, 5) is 18.1. The monoisotopic (exact) mass is 419 g/mol. The molecule has 7 heteroatoms. The summed E-state index contributed by atoms with van der Waals surface area (Å²) in [7, 11) is -3.69. The molecule has 0 aromatic heterocycles. The normalized spacial score (nSPS) is 26.5. The number of sulfonamides is 1. The van der Waals surface area contributed by atoms with Crippen molar-refractivity contribution in [3.05, 3.63) is 28.8 Å². The highest BCUT2D eigenvalue weighted by atomic mass is 32.2. The van der Waals surface area contributed by atoms with E-state index in [-0.39, 0.29) is 5.91 Å². The van der Waals surface area contributed by atoms with E-state index in [1.165, 1.54) is 17.1 Å². The summed E-state index contributed by atoms with van der Waals surface area (Å²) in [5.41, 5.74) is 2.57. The molecule has 29 heavy (non-hydrogen) atoms. The van der Waals surface area contributed by atoms with Crippen molar-refractivity contribution < 1.29 is 13.2 Å². The zero-order valence-electron chi connectivity index (χ0n) is 17.9. The third-order valence-corrected chi connectivity index (χ3v) is 9.01. The van der Waals surface area contributed by atoms with Crippen LogP contribution in [-0.2, 0) is 14.8 Å². The molecule has 2 unspecified atom stereocenters. The van der Waals surface area contributed by atoms with Crippen LogP contribution >= 0.6 is 0 Å². The molecule has 3 aliphatic heterocycles. The molecule has 3 fully saturated rings. The number of rotatable bonds is 4. The molecule has 6 nitrogen and oxygen atoms in total. The highest BCUT2D eigenvalue weighted by Crippen LogP contribution is 2.32. The first-order valence-electron chi connectivity index (χ1n) is 10.9. The van der Waals surface area contributed by atoms with Gasteiger partial charge in [-0.2, -0.15) is 4.31 Å². The van der Waals surface area contributed by atoms with Crippen molar-refractivity contribution in [3.8, 4) is 0 Å². The Bertz CT molecular complexity index is 870. The van der Waals surface area contributed by atoms with Gasteiger partial charge < -0.3 is 4.90 Å². The van der Waals surface area contributed by atoms with Gasteiger partial charge in [-0.3, -0.25) is 9.69 Å². The van der Waals surface area contributed by atoms with Crippen LogP contribution in [0.25, 0.3) is 0 Å². The molecule has 0 N–H and O–H groups in total. The van der Waals surface area contributed by atoms with E-state index in [0.29, 0.717) is 23.9 Å².